The fraction of sp³-hybridized carbons (Fsp3) is 0.458. The Kier molecular flexibility index (Phi) is 8.82. The Morgan fingerprint density at radius 3 is 2.53 bits per heavy atom. The first kappa shape index (κ1) is 29.5. The van der Waals surface area contributed by atoms with Crippen LogP contribution in [0.25, 0.3) is 0 Å². The molecule has 2 heterocycles. The van der Waals surface area contributed by atoms with Crippen LogP contribution in [0.15, 0.2) is 64.3 Å². The van der Waals surface area contributed by atoms with E-state index in [9.17, 15) is 29.2 Å². The Hall–Kier alpha value is -3.06. The Morgan fingerprint density at radius 1 is 1.29 bits per heavy atom. The number of nitrogens with one attached hydrogen (secondary N) is 2. The summed E-state index contributed by atoms with van der Waals surface area (Å²) in [6.07, 6.45) is -3.46. The number of hydrogen-bond donors (Lipinski definition) is 4. The predicted octanol–water partition coefficient (Wildman–Crippen LogP) is 1.24. The van der Waals surface area contributed by atoms with E-state index < -0.39 is 61.1 Å². The largest absolute Gasteiger partial charge is 0.465 e. The Balaban J connectivity index is 1.90. The lowest BCUT2D eigenvalue weighted by Crippen LogP contribution is -2.50. The van der Waals surface area contributed by atoms with E-state index in [-0.39, 0.29) is 17.9 Å². The summed E-state index contributed by atoms with van der Waals surface area (Å²) >= 11 is 0. The van der Waals surface area contributed by atoms with E-state index in [0.29, 0.717) is 0 Å². The number of benzene rings is 1. The number of aromatic amines is 1. The minimum Gasteiger partial charge on any atom is -0.465 e. The zero-order valence-electron chi connectivity index (χ0n) is 21.4. The molecule has 1 aromatic carbocycles. The number of aromatic nitrogens is 2. The van der Waals surface area contributed by atoms with Gasteiger partial charge < -0.3 is 24.2 Å². The van der Waals surface area contributed by atoms with Crippen molar-refractivity contribution >= 4 is 13.7 Å². The summed E-state index contributed by atoms with van der Waals surface area (Å²) in [6.45, 7) is 9.08. The number of esters is 1. The van der Waals surface area contributed by atoms with Gasteiger partial charge in [0, 0.05) is 12.3 Å². The Labute approximate surface area is 218 Å². The number of ether oxygens (including phenoxy) is 2. The first-order valence-corrected chi connectivity index (χ1v) is 13.3. The summed E-state index contributed by atoms with van der Waals surface area (Å²) in [5, 5.41) is 24.9. The Morgan fingerprint density at radius 2 is 1.95 bits per heavy atom. The van der Waals surface area contributed by atoms with Crippen LogP contribution >= 0.6 is 7.75 Å². The molecule has 3 rings (SSSR count). The summed E-state index contributed by atoms with van der Waals surface area (Å²) in [5.41, 5.74) is -5.21. The van der Waals surface area contributed by atoms with E-state index in [4.69, 9.17) is 18.5 Å². The standard InChI is InChI=1S/C24H32N3O10P/c1-6-34-21(30)23(4,5)26-38(33,37-16-10-8-7-9-11-16)35-14-17-19(29)24(32,15(2)3)20(36-17)27-13-12-18(28)25-22(27)31/h7-13,17,19-20,29,32H,2,6,14H2,1,3-5H3,(H,26,33)(H,25,28,31)/t17-,19-,20-,24-,38?/m1/s1. The fourth-order valence-electron chi connectivity index (χ4n) is 3.83. The van der Waals surface area contributed by atoms with Crippen molar-refractivity contribution in [1.29, 1.82) is 0 Å². The van der Waals surface area contributed by atoms with Crippen molar-refractivity contribution < 1.29 is 38.1 Å². The van der Waals surface area contributed by atoms with Gasteiger partial charge in [0.25, 0.3) is 5.56 Å². The van der Waals surface area contributed by atoms with E-state index in [1.807, 2.05) is 0 Å². The van der Waals surface area contributed by atoms with Gasteiger partial charge in [0.15, 0.2) is 11.8 Å². The highest BCUT2D eigenvalue weighted by atomic mass is 31.2. The molecule has 1 aliphatic heterocycles. The summed E-state index contributed by atoms with van der Waals surface area (Å²) in [7, 11) is -4.35. The van der Waals surface area contributed by atoms with Crippen LogP contribution in [-0.2, 0) is 23.4 Å². The van der Waals surface area contributed by atoms with Gasteiger partial charge in [-0.2, -0.15) is 5.09 Å². The quantitative estimate of drug-likeness (QED) is 0.179. The fourth-order valence-corrected chi connectivity index (χ4v) is 5.51. The molecule has 0 radical (unpaired) electrons. The van der Waals surface area contributed by atoms with E-state index in [1.165, 1.54) is 32.9 Å². The van der Waals surface area contributed by atoms with E-state index in [2.05, 4.69) is 16.7 Å². The number of carbonyl (C=O) groups is 1. The maximum Gasteiger partial charge on any atom is 0.459 e. The second kappa shape index (κ2) is 11.4. The summed E-state index contributed by atoms with van der Waals surface area (Å²) in [4.78, 5) is 38.4. The number of nitrogens with zero attached hydrogens (tertiary/aromatic N) is 1. The lowest BCUT2D eigenvalue weighted by molar-refractivity contribution is -0.149. The van der Waals surface area contributed by atoms with Gasteiger partial charge in [-0.3, -0.25) is 23.7 Å². The summed E-state index contributed by atoms with van der Waals surface area (Å²) in [5.74, 6) is -0.557. The third-order valence-corrected chi connectivity index (χ3v) is 7.62. The minimum absolute atomic E-state index is 0.0564. The molecule has 1 unspecified atom stereocenters. The first-order valence-electron chi connectivity index (χ1n) is 11.7. The lowest BCUT2D eigenvalue weighted by atomic mass is 9.87. The van der Waals surface area contributed by atoms with E-state index in [1.54, 1.807) is 25.1 Å². The minimum atomic E-state index is -4.35. The second-order valence-electron chi connectivity index (χ2n) is 9.25. The van der Waals surface area contributed by atoms with Crippen molar-refractivity contribution in [2.75, 3.05) is 13.2 Å². The maximum atomic E-state index is 13.8. The molecule has 2 aromatic rings. The van der Waals surface area contributed by atoms with Crippen LogP contribution in [0.3, 0.4) is 0 Å². The molecule has 0 bridgehead atoms. The number of hydrogen-bond acceptors (Lipinski definition) is 10. The normalized spacial score (nSPS) is 24.9. The highest BCUT2D eigenvalue weighted by molar-refractivity contribution is 7.52. The second-order valence-corrected chi connectivity index (χ2v) is 10.9. The zero-order chi connectivity index (χ0) is 28.3. The molecule has 1 aromatic heterocycles. The van der Waals surface area contributed by atoms with Gasteiger partial charge in [0.1, 0.15) is 23.5 Å². The molecule has 1 fully saturated rings. The van der Waals surface area contributed by atoms with Crippen molar-refractivity contribution in [3.63, 3.8) is 0 Å². The maximum absolute atomic E-state index is 13.8. The van der Waals surface area contributed by atoms with E-state index in [0.717, 1.165) is 16.8 Å². The van der Waals surface area contributed by atoms with Crippen LogP contribution in [-0.4, -0.2) is 62.3 Å². The van der Waals surface area contributed by atoms with Crippen molar-refractivity contribution in [2.45, 2.75) is 57.3 Å². The Bertz CT molecular complexity index is 1320. The molecule has 13 nitrogen and oxygen atoms in total. The predicted molar refractivity (Wildman–Crippen MR) is 135 cm³/mol. The van der Waals surface area contributed by atoms with Gasteiger partial charge >= 0.3 is 19.4 Å². The molecule has 4 N–H and O–H groups in total. The number of H-pyrrole nitrogens is 1. The highest BCUT2D eigenvalue weighted by Gasteiger charge is 2.57. The van der Waals surface area contributed by atoms with E-state index >= 15 is 0 Å². The molecule has 0 saturated carbocycles. The van der Waals surface area contributed by atoms with Crippen molar-refractivity contribution in [3.05, 3.63) is 75.6 Å². The summed E-state index contributed by atoms with van der Waals surface area (Å²) < 4.78 is 36.7. The molecule has 1 aliphatic rings. The van der Waals surface area contributed by atoms with Crippen LogP contribution in [0.5, 0.6) is 5.75 Å². The topological polar surface area (TPSA) is 178 Å². The van der Waals surface area contributed by atoms with Crippen molar-refractivity contribution in [2.24, 2.45) is 0 Å². The van der Waals surface area contributed by atoms with Gasteiger partial charge in [0.2, 0.25) is 0 Å². The third-order valence-electron chi connectivity index (χ3n) is 5.85. The average molecular weight is 554 g/mol. The monoisotopic (exact) mass is 553 g/mol. The van der Waals surface area contributed by atoms with Crippen LogP contribution in [0.2, 0.25) is 0 Å². The molecule has 38 heavy (non-hydrogen) atoms. The third kappa shape index (κ3) is 6.15. The average Bonchev–Trinajstić information content (AvgIpc) is 3.09. The molecule has 0 aliphatic carbocycles. The van der Waals surface area contributed by atoms with Crippen LogP contribution in [0, 0.1) is 0 Å². The first-order chi connectivity index (χ1) is 17.7. The highest BCUT2D eigenvalue weighted by Crippen LogP contribution is 2.48. The number of rotatable bonds is 11. The molecule has 208 valence electrons. The van der Waals surface area contributed by atoms with Crippen LogP contribution in [0.4, 0.5) is 0 Å². The number of aliphatic hydroxyl groups excluding tert-OH is 1. The number of carbonyl (C=O) groups excluding carboxylic acids is 1. The molecule has 0 spiro atoms. The smallest absolute Gasteiger partial charge is 0.459 e. The number of aliphatic hydroxyl groups is 2. The van der Waals surface area contributed by atoms with Gasteiger partial charge in [-0.1, -0.05) is 24.8 Å². The lowest BCUT2D eigenvalue weighted by Gasteiger charge is -2.32. The number of para-hydroxylation sites is 1. The summed E-state index contributed by atoms with van der Waals surface area (Å²) in [6, 6.07) is 9.08. The van der Waals surface area contributed by atoms with Crippen molar-refractivity contribution in [1.82, 2.24) is 14.6 Å². The van der Waals surface area contributed by atoms with Crippen LogP contribution in [0.1, 0.15) is 33.9 Å². The molecule has 14 heteroatoms. The SMILES string of the molecule is C=C(C)[C@@]1(O)[C@H](O)[C@@H](COP(=O)(NC(C)(C)C(=O)OCC)Oc2ccccc2)O[C@H]1n1ccc(=O)[nH]c1=O. The van der Waals surface area contributed by atoms with Gasteiger partial charge in [-0.25, -0.2) is 9.36 Å². The molecule has 0 amide bonds. The molecule has 5 atom stereocenters. The van der Waals surface area contributed by atoms with Crippen LogP contribution < -0.4 is 20.9 Å². The van der Waals surface area contributed by atoms with Crippen molar-refractivity contribution in [3.8, 4) is 5.75 Å². The van der Waals surface area contributed by atoms with Gasteiger partial charge in [-0.05, 0) is 45.4 Å². The van der Waals surface area contributed by atoms with Gasteiger partial charge in [0.05, 0.1) is 13.2 Å². The molecular weight excluding hydrogens is 521 g/mol. The molecule has 1 saturated heterocycles. The molecular formula is C24H32N3O10P. The zero-order valence-corrected chi connectivity index (χ0v) is 22.3. The van der Waals surface area contributed by atoms with Gasteiger partial charge in [-0.15, -0.1) is 0 Å².